The fraction of sp³-hybridized carbons (Fsp3) is 0.310. The maximum atomic E-state index is 13.6. The number of hydrogen-bond donors (Lipinski definition) is 1. The molecule has 0 aliphatic heterocycles. The Labute approximate surface area is 197 Å². The van der Waals surface area contributed by atoms with E-state index < -0.39 is 6.04 Å². The Bertz CT molecular complexity index is 1040. The molecule has 1 unspecified atom stereocenters. The lowest BCUT2D eigenvalue weighted by molar-refractivity contribution is -0.141. The molecule has 0 aliphatic rings. The van der Waals surface area contributed by atoms with Crippen molar-refractivity contribution in [3.8, 4) is 0 Å². The van der Waals surface area contributed by atoms with Crippen molar-refractivity contribution in [3.63, 3.8) is 0 Å². The molecular weight excluding hydrogens is 408 g/mol. The third kappa shape index (κ3) is 7.31. The average molecular weight is 443 g/mol. The van der Waals surface area contributed by atoms with Crippen LogP contribution in [0.1, 0.15) is 41.2 Å². The zero-order valence-corrected chi connectivity index (χ0v) is 19.9. The molecule has 0 spiro atoms. The first-order valence-electron chi connectivity index (χ1n) is 11.7. The predicted molar refractivity (Wildman–Crippen MR) is 134 cm³/mol. The minimum atomic E-state index is -0.571. The van der Waals surface area contributed by atoms with Crippen LogP contribution in [0, 0.1) is 13.8 Å². The number of aryl methyl sites for hydroxylation is 3. The van der Waals surface area contributed by atoms with Crippen molar-refractivity contribution in [3.05, 3.63) is 107 Å². The van der Waals surface area contributed by atoms with E-state index in [4.69, 9.17) is 0 Å². The summed E-state index contributed by atoms with van der Waals surface area (Å²) >= 11 is 0. The highest BCUT2D eigenvalue weighted by molar-refractivity contribution is 5.88. The highest BCUT2D eigenvalue weighted by atomic mass is 16.2. The third-order valence-electron chi connectivity index (χ3n) is 5.81. The first-order valence-corrected chi connectivity index (χ1v) is 11.7. The van der Waals surface area contributed by atoms with E-state index in [2.05, 4.69) is 42.6 Å². The summed E-state index contributed by atoms with van der Waals surface area (Å²) < 4.78 is 0. The van der Waals surface area contributed by atoms with E-state index in [1.54, 1.807) is 4.90 Å². The van der Waals surface area contributed by atoms with Gasteiger partial charge < -0.3 is 10.2 Å². The maximum Gasteiger partial charge on any atom is 0.243 e. The zero-order valence-electron chi connectivity index (χ0n) is 19.9. The number of benzene rings is 3. The van der Waals surface area contributed by atoms with Crippen molar-refractivity contribution in [2.45, 2.75) is 52.6 Å². The van der Waals surface area contributed by atoms with Crippen LogP contribution in [-0.2, 0) is 29.0 Å². The molecule has 4 heteroatoms. The molecule has 1 N–H and O–H groups in total. The van der Waals surface area contributed by atoms with Crippen LogP contribution in [0.25, 0.3) is 0 Å². The van der Waals surface area contributed by atoms with Crippen LogP contribution >= 0.6 is 0 Å². The number of amides is 2. The van der Waals surface area contributed by atoms with E-state index in [1.165, 1.54) is 5.56 Å². The smallest absolute Gasteiger partial charge is 0.243 e. The normalized spacial score (nSPS) is 11.6. The van der Waals surface area contributed by atoms with Gasteiger partial charge in [-0.25, -0.2) is 0 Å². The molecule has 0 aromatic heterocycles. The van der Waals surface area contributed by atoms with Gasteiger partial charge in [0.05, 0.1) is 0 Å². The summed E-state index contributed by atoms with van der Waals surface area (Å²) in [7, 11) is 0. The largest absolute Gasteiger partial charge is 0.355 e. The van der Waals surface area contributed by atoms with Crippen molar-refractivity contribution >= 4 is 11.8 Å². The van der Waals surface area contributed by atoms with E-state index in [1.807, 2.05) is 62.4 Å². The Morgan fingerprint density at radius 1 is 0.818 bits per heavy atom. The van der Waals surface area contributed by atoms with Gasteiger partial charge >= 0.3 is 0 Å². The van der Waals surface area contributed by atoms with Crippen LogP contribution in [0.4, 0.5) is 0 Å². The van der Waals surface area contributed by atoms with E-state index in [9.17, 15) is 9.59 Å². The monoisotopic (exact) mass is 442 g/mol. The lowest BCUT2D eigenvalue weighted by Crippen LogP contribution is -2.50. The second kappa shape index (κ2) is 12.0. The summed E-state index contributed by atoms with van der Waals surface area (Å²) in [6.07, 6.45) is 1.49. The van der Waals surface area contributed by atoms with Gasteiger partial charge in [-0.15, -0.1) is 0 Å². The molecule has 0 saturated heterocycles. The molecule has 0 radical (unpaired) electrons. The van der Waals surface area contributed by atoms with Crippen LogP contribution < -0.4 is 5.32 Å². The van der Waals surface area contributed by atoms with E-state index >= 15 is 0 Å². The standard InChI is InChI=1S/C29H34N2O2/c1-4-30-29(33)27(20-25-10-6-5-7-11-25)31(21-26-12-8-9-23(3)19-26)28(32)18-17-24-15-13-22(2)14-16-24/h5-16,19,27H,4,17-18,20-21H2,1-3H3,(H,30,33). The fourth-order valence-electron chi connectivity index (χ4n) is 4.00. The molecule has 0 heterocycles. The lowest BCUT2D eigenvalue weighted by Gasteiger charge is -2.31. The van der Waals surface area contributed by atoms with E-state index in [-0.39, 0.29) is 11.8 Å². The maximum absolute atomic E-state index is 13.6. The molecule has 172 valence electrons. The topological polar surface area (TPSA) is 49.4 Å². The van der Waals surface area contributed by atoms with Crippen molar-refractivity contribution in [2.24, 2.45) is 0 Å². The summed E-state index contributed by atoms with van der Waals surface area (Å²) in [6, 6.07) is 25.7. The van der Waals surface area contributed by atoms with Gasteiger partial charge in [-0.3, -0.25) is 9.59 Å². The van der Waals surface area contributed by atoms with Crippen molar-refractivity contribution in [2.75, 3.05) is 6.54 Å². The number of rotatable bonds is 10. The molecule has 0 aliphatic carbocycles. The summed E-state index contributed by atoms with van der Waals surface area (Å²) in [5, 5.41) is 2.95. The number of nitrogens with zero attached hydrogens (tertiary/aromatic N) is 1. The summed E-state index contributed by atoms with van der Waals surface area (Å²) in [6.45, 7) is 6.93. The Hall–Kier alpha value is -3.40. The minimum absolute atomic E-state index is 0.00994. The molecule has 3 aromatic carbocycles. The summed E-state index contributed by atoms with van der Waals surface area (Å²) in [5.41, 5.74) is 5.53. The molecule has 33 heavy (non-hydrogen) atoms. The van der Waals surface area contributed by atoms with Gasteiger partial charge in [-0.05, 0) is 43.9 Å². The molecule has 3 aromatic rings. The van der Waals surface area contributed by atoms with Gasteiger partial charge in [0.2, 0.25) is 11.8 Å². The van der Waals surface area contributed by atoms with Gasteiger partial charge in [0.1, 0.15) is 6.04 Å². The van der Waals surface area contributed by atoms with Gasteiger partial charge in [-0.2, -0.15) is 0 Å². The second-order valence-corrected chi connectivity index (χ2v) is 8.60. The second-order valence-electron chi connectivity index (χ2n) is 8.60. The SMILES string of the molecule is CCNC(=O)C(Cc1ccccc1)N(Cc1cccc(C)c1)C(=O)CCc1ccc(C)cc1. The lowest BCUT2D eigenvalue weighted by atomic mass is 10.0. The Morgan fingerprint density at radius 2 is 1.52 bits per heavy atom. The average Bonchev–Trinajstić information content (AvgIpc) is 2.81. The highest BCUT2D eigenvalue weighted by Gasteiger charge is 2.29. The highest BCUT2D eigenvalue weighted by Crippen LogP contribution is 2.18. The molecule has 0 bridgehead atoms. The van der Waals surface area contributed by atoms with Gasteiger partial charge in [-0.1, -0.05) is 90.0 Å². The quantitative estimate of drug-likeness (QED) is 0.480. The minimum Gasteiger partial charge on any atom is -0.355 e. The molecule has 0 fully saturated rings. The van der Waals surface area contributed by atoms with Crippen molar-refractivity contribution in [1.82, 2.24) is 10.2 Å². The van der Waals surface area contributed by atoms with Crippen LogP contribution in [0.5, 0.6) is 0 Å². The number of nitrogens with one attached hydrogen (secondary N) is 1. The van der Waals surface area contributed by atoms with Crippen molar-refractivity contribution in [1.29, 1.82) is 0 Å². The molecule has 0 saturated carbocycles. The van der Waals surface area contributed by atoms with Gasteiger partial charge in [0.25, 0.3) is 0 Å². The summed E-state index contributed by atoms with van der Waals surface area (Å²) in [4.78, 5) is 28.5. The van der Waals surface area contributed by atoms with Gasteiger partial charge in [0, 0.05) is 25.9 Å². The van der Waals surface area contributed by atoms with Crippen molar-refractivity contribution < 1.29 is 9.59 Å². The Balaban J connectivity index is 1.88. The number of carbonyl (C=O) groups is 2. The van der Waals surface area contributed by atoms with Crippen LogP contribution in [0.3, 0.4) is 0 Å². The Kier molecular flexibility index (Phi) is 8.82. The van der Waals surface area contributed by atoms with Gasteiger partial charge in [0.15, 0.2) is 0 Å². The number of likely N-dealkylation sites (N-methyl/N-ethyl adjacent to an activating group) is 1. The van der Waals surface area contributed by atoms with E-state index in [0.29, 0.717) is 32.4 Å². The molecular formula is C29H34N2O2. The Morgan fingerprint density at radius 3 is 2.18 bits per heavy atom. The molecule has 2 amide bonds. The molecule has 4 nitrogen and oxygen atoms in total. The number of carbonyl (C=O) groups excluding carboxylic acids is 2. The van der Waals surface area contributed by atoms with E-state index in [0.717, 1.165) is 22.3 Å². The molecule has 3 rings (SSSR count). The van der Waals surface area contributed by atoms with Crippen LogP contribution in [0.15, 0.2) is 78.9 Å². The van der Waals surface area contributed by atoms with Crippen LogP contribution in [-0.4, -0.2) is 29.3 Å². The molecule has 1 atom stereocenters. The fourth-order valence-corrected chi connectivity index (χ4v) is 4.00. The summed E-state index contributed by atoms with van der Waals surface area (Å²) in [5.74, 6) is -0.123. The third-order valence-corrected chi connectivity index (χ3v) is 5.81. The zero-order chi connectivity index (χ0) is 23.6. The number of hydrogen-bond acceptors (Lipinski definition) is 2. The first kappa shape index (κ1) is 24.2. The first-order chi connectivity index (χ1) is 16.0. The van der Waals surface area contributed by atoms with Crippen LogP contribution in [0.2, 0.25) is 0 Å². The predicted octanol–water partition coefficient (Wildman–Crippen LogP) is 5.01.